The Kier molecular flexibility index (Phi) is 5.79. The van der Waals surface area contributed by atoms with E-state index >= 15 is 0 Å². The number of amidine groups is 1. The third kappa shape index (κ3) is 4.75. The third-order valence-corrected chi connectivity index (χ3v) is 2.73. The van der Waals surface area contributed by atoms with Crippen LogP contribution in [0.25, 0.3) is 0 Å². The lowest BCUT2D eigenvalue weighted by atomic mass is 10.1. The summed E-state index contributed by atoms with van der Waals surface area (Å²) in [5.74, 6) is 0.0173. The van der Waals surface area contributed by atoms with Gasteiger partial charge in [-0.05, 0) is 19.1 Å². The smallest absolute Gasteiger partial charge is 0.336 e. The highest BCUT2D eigenvalue weighted by Gasteiger charge is 2.33. The number of nitrogens with one attached hydrogen (secondary N) is 1. The molecule has 0 aromatic heterocycles. The van der Waals surface area contributed by atoms with E-state index in [1.54, 1.807) is 6.92 Å². The number of nitro benzene ring substituents is 1. The monoisotopic (exact) mass is 343 g/mol. The number of nitro groups is 1. The van der Waals surface area contributed by atoms with Gasteiger partial charge in [-0.15, -0.1) is 0 Å². The predicted octanol–water partition coefficient (Wildman–Crippen LogP) is 4.25. The molecular formula is C11H10Cl2F3N3O2. The second-order valence-corrected chi connectivity index (χ2v) is 4.87. The van der Waals surface area contributed by atoms with E-state index in [0.29, 0.717) is 12.6 Å². The van der Waals surface area contributed by atoms with Crippen LogP contribution >= 0.6 is 23.2 Å². The maximum atomic E-state index is 12.6. The van der Waals surface area contributed by atoms with Gasteiger partial charge in [0.15, 0.2) is 4.84 Å². The maximum Gasteiger partial charge on any atom is 0.416 e. The van der Waals surface area contributed by atoms with Gasteiger partial charge >= 0.3 is 6.18 Å². The van der Waals surface area contributed by atoms with Gasteiger partial charge in [-0.1, -0.05) is 23.2 Å². The van der Waals surface area contributed by atoms with E-state index in [-0.39, 0.29) is 11.5 Å². The SMILES string of the molecule is CCN=C(Nc1ccc(C(F)(F)F)cc1[N+](=O)[O-])C(Cl)Cl. The van der Waals surface area contributed by atoms with Crippen LogP contribution in [0.1, 0.15) is 12.5 Å². The summed E-state index contributed by atoms with van der Waals surface area (Å²) in [5, 5.41) is 13.4. The molecule has 0 aliphatic rings. The second-order valence-electron chi connectivity index (χ2n) is 3.77. The summed E-state index contributed by atoms with van der Waals surface area (Å²) in [6.45, 7) is 1.98. The Morgan fingerprint density at radius 2 is 2.10 bits per heavy atom. The van der Waals surface area contributed by atoms with Gasteiger partial charge in [0.1, 0.15) is 11.5 Å². The summed E-state index contributed by atoms with van der Waals surface area (Å²) in [6, 6.07) is 2.09. The van der Waals surface area contributed by atoms with Crippen LogP contribution in [0.4, 0.5) is 24.5 Å². The molecule has 0 aliphatic heterocycles. The number of halogens is 5. The van der Waals surface area contributed by atoms with Crippen LogP contribution in [0.5, 0.6) is 0 Å². The standard InChI is InChI=1S/C11H10Cl2F3N3O2/c1-2-17-10(9(12)13)18-7-4-3-6(11(14,15)16)5-8(7)19(20)21/h3-5,9H,2H2,1H3,(H,17,18). The van der Waals surface area contributed by atoms with Crippen molar-refractivity contribution in [3.05, 3.63) is 33.9 Å². The minimum Gasteiger partial charge on any atom is -0.336 e. The number of aliphatic imine (C=N–C) groups is 1. The fourth-order valence-corrected chi connectivity index (χ4v) is 1.68. The number of hydrogen-bond acceptors (Lipinski definition) is 3. The van der Waals surface area contributed by atoms with E-state index in [1.165, 1.54) is 0 Å². The maximum absolute atomic E-state index is 12.6. The first-order chi connectivity index (χ1) is 9.66. The highest BCUT2D eigenvalue weighted by atomic mass is 35.5. The second kappa shape index (κ2) is 6.95. The quantitative estimate of drug-likeness (QED) is 0.292. The number of anilines is 1. The summed E-state index contributed by atoms with van der Waals surface area (Å²) in [5.41, 5.74) is -2.05. The van der Waals surface area contributed by atoms with Gasteiger partial charge in [-0.2, -0.15) is 13.2 Å². The highest BCUT2D eigenvalue weighted by Crippen LogP contribution is 2.35. The Bertz CT molecular complexity index is 562. The van der Waals surface area contributed by atoms with Gasteiger partial charge in [0.25, 0.3) is 5.69 Å². The Balaban J connectivity index is 3.24. The number of nitrogens with zero attached hydrogens (tertiary/aromatic N) is 2. The molecule has 1 aromatic carbocycles. The molecule has 0 saturated carbocycles. The molecule has 1 N–H and O–H groups in total. The lowest BCUT2D eigenvalue weighted by Gasteiger charge is -2.12. The highest BCUT2D eigenvalue weighted by molar-refractivity contribution is 6.55. The minimum absolute atomic E-state index is 0.0173. The zero-order chi connectivity index (χ0) is 16.2. The zero-order valence-electron chi connectivity index (χ0n) is 10.6. The Morgan fingerprint density at radius 1 is 1.48 bits per heavy atom. The molecule has 1 rings (SSSR count). The van der Waals surface area contributed by atoms with Crippen molar-refractivity contribution in [2.45, 2.75) is 17.9 Å². The third-order valence-electron chi connectivity index (χ3n) is 2.32. The van der Waals surface area contributed by atoms with E-state index in [2.05, 4.69) is 10.3 Å². The fraction of sp³-hybridized carbons (Fsp3) is 0.364. The fourth-order valence-electron chi connectivity index (χ4n) is 1.44. The molecule has 10 heteroatoms. The summed E-state index contributed by atoms with van der Waals surface area (Å²) in [7, 11) is 0. The molecule has 0 radical (unpaired) electrons. The van der Waals surface area contributed by atoms with Gasteiger partial charge in [0.05, 0.1) is 10.5 Å². The summed E-state index contributed by atoms with van der Waals surface area (Å²) >= 11 is 11.3. The zero-order valence-corrected chi connectivity index (χ0v) is 12.1. The lowest BCUT2D eigenvalue weighted by molar-refractivity contribution is -0.384. The molecule has 0 unspecified atom stereocenters. The van der Waals surface area contributed by atoms with Crippen molar-refractivity contribution in [3.8, 4) is 0 Å². The van der Waals surface area contributed by atoms with Crippen molar-refractivity contribution < 1.29 is 18.1 Å². The Morgan fingerprint density at radius 3 is 2.52 bits per heavy atom. The van der Waals surface area contributed by atoms with Crippen molar-refractivity contribution in [1.29, 1.82) is 0 Å². The Labute approximate surface area is 127 Å². The molecule has 0 saturated heterocycles. The van der Waals surface area contributed by atoms with E-state index in [1.807, 2.05) is 0 Å². The van der Waals surface area contributed by atoms with Gasteiger partial charge < -0.3 is 5.32 Å². The number of benzene rings is 1. The van der Waals surface area contributed by atoms with Gasteiger partial charge in [-0.25, -0.2) is 0 Å². The molecule has 5 nitrogen and oxygen atoms in total. The van der Waals surface area contributed by atoms with Crippen LogP contribution in [-0.4, -0.2) is 22.1 Å². The molecule has 0 bridgehead atoms. The van der Waals surface area contributed by atoms with Crippen molar-refractivity contribution in [1.82, 2.24) is 0 Å². The molecule has 0 fully saturated rings. The summed E-state index contributed by atoms with van der Waals surface area (Å²) in [6.07, 6.45) is -4.68. The van der Waals surface area contributed by atoms with Crippen molar-refractivity contribution in [2.75, 3.05) is 11.9 Å². The summed E-state index contributed by atoms with van der Waals surface area (Å²) in [4.78, 5) is 12.8. The molecule has 116 valence electrons. The first-order valence-corrected chi connectivity index (χ1v) is 6.49. The molecule has 0 aliphatic carbocycles. The van der Waals surface area contributed by atoms with Crippen LogP contribution in [0.15, 0.2) is 23.2 Å². The van der Waals surface area contributed by atoms with Gasteiger partial charge in [-0.3, -0.25) is 15.1 Å². The van der Waals surface area contributed by atoms with Crippen LogP contribution < -0.4 is 5.32 Å². The summed E-state index contributed by atoms with van der Waals surface area (Å²) < 4.78 is 37.7. The predicted molar refractivity (Wildman–Crippen MR) is 75.2 cm³/mol. The van der Waals surface area contributed by atoms with Crippen LogP contribution in [0.2, 0.25) is 0 Å². The van der Waals surface area contributed by atoms with E-state index in [9.17, 15) is 23.3 Å². The normalized spacial score (nSPS) is 12.6. The molecule has 1 aromatic rings. The molecule has 21 heavy (non-hydrogen) atoms. The molecule has 0 heterocycles. The lowest BCUT2D eigenvalue weighted by Crippen LogP contribution is -2.20. The first-order valence-electron chi connectivity index (χ1n) is 5.62. The minimum atomic E-state index is -4.68. The van der Waals surface area contributed by atoms with Gasteiger partial charge in [0.2, 0.25) is 0 Å². The van der Waals surface area contributed by atoms with Crippen LogP contribution in [0.3, 0.4) is 0 Å². The molecule has 0 spiro atoms. The largest absolute Gasteiger partial charge is 0.416 e. The number of hydrogen-bond donors (Lipinski definition) is 1. The molecule has 0 amide bonds. The molecule has 0 atom stereocenters. The average Bonchev–Trinajstić information content (AvgIpc) is 2.36. The van der Waals surface area contributed by atoms with E-state index < -0.39 is 27.2 Å². The van der Waals surface area contributed by atoms with Gasteiger partial charge in [0, 0.05) is 12.6 Å². The number of alkyl halides is 5. The van der Waals surface area contributed by atoms with Crippen molar-refractivity contribution in [2.24, 2.45) is 4.99 Å². The van der Waals surface area contributed by atoms with Crippen LogP contribution in [0, 0.1) is 10.1 Å². The van der Waals surface area contributed by atoms with E-state index in [4.69, 9.17) is 23.2 Å². The first kappa shape index (κ1) is 17.5. The molecular weight excluding hydrogens is 334 g/mol. The van der Waals surface area contributed by atoms with Crippen molar-refractivity contribution in [3.63, 3.8) is 0 Å². The number of rotatable bonds is 4. The van der Waals surface area contributed by atoms with Crippen LogP contribution in [-0.2, 0) is 6.18 Å². The Hall–Kier alpha value is -1.54. The average molecular weight is 344 g/mol. The van der Waals surface area contributed by atoms with Crippen molar-refractivity contribution >= 4 is 40.4 Å². The topological polar surface area (TPSA) is 67.5 Å². The van der Waals surface area contributed by atoms with E-state index in [0.717, 1.165) is 12.1 Å².